The Hall–Kier alpha value is -2.76. The summed E-state index contributed by atoms with van der Waals surface area (Å²) < 4.78 is 19.2. The Labute approximate surface area is 120 Å². The molecule has 0 aliphatic carbocycles. The van der Waals surface area contributed by atoms with Crippen LogP contribution in [-0.4, -0.2) is 29.1 Å². The zero-order chi connectivity index (χ0) is 14.8. The molecule has 3 aromatic rings. The number of aromatic nitrogens is 3. The Kier molecular flexibility index (Phi) is 3.35. The molecule has 106 valence electrons. The fraction of sp³-hybridized carbons (Fsp3) is 0.133. The molecule has 0 saturated heterocycles. The standard InChI is InChI=1S/C15H13FN4O/c1-17-15-14-13(18-5-6-19-14)8-12(20-15)10-4-3-9(21-2)7-11(10)16/h3-8H,1-2H3,(H,17,20). The van der Waals surface area contributed by atoms with Crippen LogP contribution in [0.5, 0.6) is 5.75 Å². The van der Waals surface area contributed by atoms with Crippen molar-refractivity contribution in [2.24, 2.45) is 0 Å². The van der Waals surface area contributed by atoms with E-state index in [9.17, 15) is 4.39 Å². The minimum Gasteiger partial charge on any atom is -0.497 e. The summed E-state index contributed by atoms with van der Waals surface area (Å²) in [5.74, 6) is 0.628. The lowest BCUT2D eigenvalue weighted by Gasteiger charge is -2.09. The van der Waals surface area contributed by atoms with Crippen LogP contribution in [0.25, 0.3) is 22.3 Å². The van der Waals surface area contributed by atoms with Crippen molar-refractivity contribution in [2.75, 3.05) is 19.5 Å². The van der Waals surface area contributed by atoms with E-state index in [2.05, 4.69) is 20.3 Å². The number of pyridine rings is 1. The first kappa shape index (κ1) is 13.2. The molecule has 1 N–H and O–H groups in total. The molecule has 0 aliphatic heterocycles. The van der Waals surface area contributed by atoms with Gasteiger partial charge in [-0.2, -0.15) is 0 Å². The number of benzene rings is 1. The van der Waals surface area contributed by atoms with Crippen molar-refractivity contribution < 1.29 is 9.13 Å². The molecule has 0 spiro atoms. The topological polar surface area (TPSA) is 59.9 Å². The molecular weight excluding hydrogens is 271 g/mol. The van der Waals surface area contributed by atoms with Crippen molar-refractivity contribution in [3.63, 3.8) is 0 Å². The predicted molar refractivity (Wildman–Crippen MR) is 78.8 cm³/mol. The second-order valence-corrected chi connectivity index (χ2v) is 4.38. The van der Waals surface area contributed by atoms with Crippen molar-refractivity contribution in [2.45, 2.75) is 0 Å². The van der Waals surface area contributed by atoms with Crippen molar-refractivity contribution in [3.05, 3.63) is 42.5 Å². The molecule has 0 radical (unpaired) electrons. The number of anilines is 1. The molecule has 6 heteroatoms. The highest BCUT2D eigenvalue weighted by Crippen LogP contribution is 2.28. The second-order valence-electron chi connectivity index (χ2n) is 4.38. The summed E-state index contributed by atoms with van der Waals surface area (Å²) in [7, 11) is 3.24. The molecule has 0 atom stereocenters. The van der Waals surface area contributed by atoms with E-state index in [-0.39, 0.29) is 0 Å². The van der Waals surface area contributed by atoms with Crippen molar-refractivity contribution in [1.82, 2.24) is 15.0 Å². The first-order valence-corrected chi connectivity index (χ1v) is 6.36. The van der Waals surface area contributed by atoms with Crippen molar-refractivity contribution >= 4 is 16.9 Å². The Morgan fingerprint density at radius 3 is 2.67 bits per heavy atom. The third-order valence-corrected chi connectivity index (χ3v) is 3.15. The van der Waals surface area contributed by atoms with Crippen LogP contribution in [0.3, 0.4) is 0 Å². The Morgan fingerprint density at radius 2 is 1.95 bits per heavy atom. The number of methoxy groups -OCH3 is 1. The van der Waals surface area contributed by atoms with Gasteiger partial charge >= 0.3 is 0 Å². The van der Waals surface area contributed by atoms with Gasteiger partial charge in [-0.3, -0.25) is 4.98 Å². The maximum atomic E-state index is 14.2. The number of nitrogens with zero attached hydrogens (tertiary/aromatic N) is 3. The smallest absolute Gasteiger partial charge is 0.154 e. The van der Waals surface area contributed by atoms with Crippen LogP contribution in [0.15, 0.2) is 36.7 Å². The minimum absolute atomic E-state index is 0.389. The summed E-state index contributed by atoms with van der Waals surface area (Å²) in [6.45, 7) is 0. The van der Waals surface area contributed by atoms with Gasteiger partial charge in [0.05, 0.1) is 18.3 Å². The fourth-order valence-corrected chi connectivity index (χ4v) is 2.11. The van der Waals surface area contributed by atoms with Gasteiger partial charge in [-0.1, -0.05) is 0 Å². The van der Waals surface area contributed by atoms with Gasteiger partial charge in [-0.15, -0.1) is 0 Å². The first-order chi connectivity index (χ1) is 10.2. The Bertz CT molecular complexity index is 807. The normalized spacial score (nSPS) is 10.6. The van der Waals surface area contributed by atoms with Gasteiger partial charge in [0, 0.05) is 31.1 Å². The molecule has 21 heavy (non-hydrogen) atoms. The Morgan fingerprint density at radius 1 is 1.14 bits per heavy atom. The van der Waals surface area contributed by atoms with E-state index in [4.69, 9.17) is 4.74 Å². The van der Waals surface area contributed by atoms with Crippen LogP contribution in [0.1, 0.15) is 0 Å². The molecule has 2 aromatic heterocycles. The molecule has 1 aromatic carbocycles. The molecule has 0 amide bonds. The van der Waals surface area contributed by atoms with Gasteiger partial charge in [0.2, 0.25) is 0 Å². The van der Waals surface area contributed by atoms with E-state index >= 15 is 0 Å². The highest BCUT2D eigenvalue weighted by atomic mass is 19.1. The fourth-order valence-electron chi connectivity index (χ4n) is 2.11. The maximum absolute atomic E-state index is 14.2. The number of rotatable bonds is 3. The molecule has 2 heterocycles. The minimum atomic E-state index is -0.396. The number of hydrogen-bond acceptors (Lipinski definition) is 5. The molecule has 0 saturated carbocycles. The molecule has 0 fully saturated rings. The second kappa shape index (κ2) is 5.32. The lowest BCUT2D eigenvalue weighted by atomic mass is 10.1. The zero-order valence-electron chi connectivity index (χ0n) is 11.6. The monoisotopic (exact) mass is 284 g/mol. The highest BCUT2D eigenvalue weighted by molar-refractivity contribution is 5.88. The number of halogens is 1. The molecule has 0 aliphatic rings. The van der Waals surface area contributed by atoms with Crippen LogP contribution >= 0.6 is 0 Å². The number of ether oxygens (including phenoxy) is 1. The van der Waals surface area contributed by atoms with Crippen LogP contribution in [0.2, 0.25) is 0 Å². The SMILES string of the molecule is CNc1nc(-c2ccc(OC)cc2F)cc2nccnc12. The largest absolute Gasteiger partial charge is 0.497 e. The van der Waals surface area contributed by atoms with Gasteiger partial charge in [-0.25, -0.2) is 14.4 Å². The molecular formula is C15H13FN4O. The quantitative estimate of drug-likeness (QED) is 0.801. The molecule has 3 rings (SSSR count). The van der Waals surface area contributed by atoms with E-state index in [1.165, 1.54) is 13.2 Å². The van der Waals surface area contributed by atoms with Gasteiger partial charge in [0.1, 0.15) is 17.1 Å². The van der Waals surface area contributed by atoms with Gasteiger partial charge in [0.25, 0.3) is 0 Å². The third-order valence-electron chi connectivity index (χ3n) is 3.15. The van der Waals surface area contributed by atoms with E-state index < -0.39 is 5.82 Å². The number of fused-ring (bicyclic) bond motifs is 1. The molecule has 5 nitrogen and oxygen atoms in total. The van der Waals surface area contributed by atoms with Crippen LogP contribution in [0.4, 0.5) is 10.2 Å². The first-order valence-electron chi connectivity index (χ1n) is 6.36. The van der Waals surface area contributed by atoms with E-state index in [0.717, 1.165) is 0 Å². The van der Waals surface area contributed by atoms with Crippen molar-refractivity contribution in [3.8, 4) is 17.0 Å². The van der Waals surface area contributed by atoms with Crippen LogP contribution < -0.4 is 10.1 Å². The lowest BCUT2D eigenvalue weighted by Crippen LogP contribution is -1.99. The average molecular weight is 284 g/mol. The van der Waals surface area contributed by atoms with Crippen LogP contribution in [0, 0.1) is 5.82 Å². The maximum Gasteiger partial charge on any atom is 0.154 e. The number of hydrogen-bond donors (Lipinski definition) is 1. The van der Waals surface area contributed by atoms with E-state index in [0.29, 0.717) is 33.9 Å². The molecule has 0 bridgehead atoms. The summed E-state index contributed by atoms with van der Waals surface area (Å²) in [5.41, 5.74) is 2.19. The summed E-state index contributed by atoms with van der Waals surface area (Å²) >= 11 is 0. The average Bonchev–Trinajstić information content (AvgIpc) is 2.53. The molecule has 0 unspecified atom stereocenters. The van der Waals surface area contributed by atoms with E-state index in [1.807, 2.05) is 0 Å². The summed E-state index contributed by atoms with van der Waals surface area (Å²) in [6, 6.07) is 6.38. The third kappa shape index (κ3) is 2.35. The van der Waals surface area contributed by atoms with Crippen molar-refractivity contribution in [1.29, 1.82) is 0 Å². The highest BCUT2D eigenvalue weighted by Gasteiger charge is 2.12. The number of nitrogens with one attached hydrogen (secondary N) is 1. The van der Waals surface area contributed by atoms with Gasteiger partial charge in [0.15, 0.2) is 5.82 Å². The summed E-state index contributed by atoms with van der Waals surface area (Å²) in [5, 5.41) is 2.96. The van der Waals surface area contributed by atoms with Gasteiger partial charge < -0.3 is 10.1 Å². The summed E-state index contributed by atoms with van der Waals surface area (Å²) in [6.07, 6.45) is 3.19. The summed E-state index contributed by atoms with van der Waals surface area (Å²) in [4.78, 5) is 12.9. The van der Waals surface area contributed by atoms with Crippen LogP contribution in [-0.2, 0) is 0 Å². The van der Waals surface area contributed by atoms with E-state index in [1.54, 1.807) is 37.6 Å². The predicted octanol–water partition coefficient (Wildman–Crippen LogP) is 2.88. The van der Waals surface area contributed by atoms with Gasteiger partial charge in [-0.05, 0) is 18.2 Å². The lowest BCUT2D eigenvalue weighted by molar-refractivity contribution is 0.411. The Balaban J connectivity index is 2.21. The zero-order valence-corrected chi connectivity index (χ0v) is 11.6.